The van der Waals surface area contributed by atoms with E-state index in [1.165, 1.54) is 0 Å². The van der Waals surface area contributed by atoms with Gasteiger partial charge in [-0.2, -0.15) is 5.26 Å². The number of rotatable bonds is 9. The first-order valence-corrected chi connectivity index (χ1v) is 11.4. The molecule has 0 aliphatic rings. The van der Waals surface area contributed by atoms with Crippen molar-refractivity contribution in [2.24, 2.45) is 0 Å². The molecule has 0 unspecified atom stereocenters. The van der Waals surface area contributed by atoms with Crippen molar-refractivity contribution in [1.29, 1.82) is 5.26 Å². The average Bonchev–Trinajstić information content (AvgIpc) is 3.28. The van der Waals surface area contributed by atoms with Crippen molar-refractivity contribution in [3.8, 4) is 6.07 Å². The average molecular weight is 513 g/mol. The Morgan fingerprint density at radius 1 is 1.27 bits per heavy atom. The molecular formula is C24H28IN5. The number of nitriles is 1. The molecule has 2 aromatic rings. The summed E-state index contributed by atoms with van der Waals surface area (Å²) < 4.78 is 0.915. The van der Waals surface area contributed by atoms with Crippen molar-refractivity contribution < 1.29 is 0 Å². The van der Waals surface area contributed by atoms with Crippen LogP contribution in [0.5, 0.6) is 0 Å². The first kappa shape index (κ1) is 23.6. The normalized spacial score (nSPS) is 12.5. The van der Waals surface area contributed by atoms with Gasteiger partial charge in [-0.25, -0.2) is 0 Å². The molecule has 156 valence electrons. The quantitative estimate of drug-likeness (QED) is 0.177. The van der Waals surface area contributed by atoms with Gasteiger partial charge >= 0.3 is 0 Å². The number of nitrogens with one attached hydrogen (secondary N) is 4. The molecule has 2 rings (SSSR count). The molecule has 2 aromatic heterocycles. The Labute approximate surface area is 191 Å². The van der Waals surface area contributed by atoms with E-state index in [1.54, 1.807) is 0 Å². The number of aromatic amines is 2. The lowest BCUT2D eigenvalue weighted by atomic mass is 10.1. The van der Waals surface area contributed by atoms with Crippen LogP contribution in [0.4, 0.5) is 0 Å². The van der Waals surface area contributed by atoms with Crippen molar-refractivity contribution >= 4 is 52.2 Å². The van der Waals surface area contributed by atoms with E-state index in [-0.39, 0.29) is 0 Å². The summed E-state index contributed by atoms with van der Waals surface area (Å²) in [5, 5.41) is 19.4. The second-order valence-electron chi connectivity index (χ2n) is 6.59. The maximum absolute atomic E-state index is 8.58. The van der Waals surface area contributed by atoms with Gasteiger partial charge in [0, 0.05) is 63.7 Å². The number of nitrogens with zero attached hydrogens (tertiary/aromatic N) is 1. The lowest BCUT2D eigenvalue weighted by Gasteiger charge is -2.09. The van der Waals surface area contributed by atoms with Crippen LogP contribution >= 0.6 is 22.6 Å². The van der Waals surface area contributed by atoms with Gasteiger partial charge in [-0.15, -0.1) is 11.5 Å². The van der Waals surface area contributed by atoms with Crippen LogP contribution in [-0.2, 0) is 0 Å². The van der Waals surface area contributed by atoms with E-state index in [1.807, 2.05) is 13.1 Å². The van der Waals surface area contributed by atoms with E-state index in [2.05, 4.69) is 99.0 Å². The van der Waals surface area contributed by atoms with Gasteiger partial charge in [0.25, 0.3) is 0 Å². The van der Waals surface area contributed by atoms with Crippen molar-refractivity contribution in [3.05, 3.63) is 63.0 Å². The van der Waals surface area contributed by atoms with E-state index < -0.39 is 0 Å². The van der Waals surface area contributed by atoms with Crippen LogP contribution < -0.4 is 31.8 Å². The molecule has 0 aromatic carbocycles. The molecule has 0 fully saturated rings. The molecule has 0 aliphatic heterocycles. The largest absolute Gasteiger partial charge is 0.377 e. The maximum atomic E-state index is 8.58. The lowest BCUT2D eigenvalue weighted by molar-refractivity contribution is 0.673. The molecule has 0 saturated heterocycles. The highest BCUT2D eigenvalue weighted by Crippen LogP contribution is 2.19. The van der Waals surface area contributed by atoms with Crippen LogP contribution in [-0.4, -0.2) is 34.0 Å². The number of alkyl halides is 1. The van der Waals surface area contributed by atoms with E-state index in [0.29, 0.717) is 13.0 Å². The molecule has 0 atom stereocenters. The SMILES string of the molecule is C=C=C(NCCNCCC#N)c1c[nH]c(/C=c2/c(=C=C)[nH]c(=C/C)/c2=C\CI)c1C. The Morgan fingerprint density at radius 3 is 2.70 bits per heavy atom. The van der Waals surface area contributed by atoms with Crippen molar-refractivity contribution in [3.63, 3.8) is 0 Å². The molecule has 4 N–H and O–H groups in total. The highest BCUT2D eigenvalue weighted by Gasteiger charge is 2.10. The van der Waals surface area contributed by atoms with Gasteiger partial charge in [0.2, 0.25) is 0 Å². The van der Waals surface area contributed by atoms with E-state index in [9.17, 15) is 0 Å². The minimum atomic E-state index is 0.512. The lowest BCUT2D eigenvalue weighted by Crippen LogP contribution is -2.37. The fourth-order valence-electron chi connectivity index (χ4n) is 3.23. The predicted octanol–water partition coefficient (Wildman–Crippen LogP) is 1.28. The molecular weight excluding hydrogens is 485 g/mol. The molecule has 0 radical (unpaired) electrons. The fourth-order valence-corrected chi connectivity index (χ4v) is 3.67. The molecule has 0 spiro atoms. The fraction of sp³-hybridized carbons (Fsp3) is 0.292. The van der Waals surface area contributed by atoms with Gasteiger partial charge in [0.1, 0.15) is 0 Å². The summed E-state index contributed by atoms with van der Waals surface area (Å²) in [5.74, 6) is 0. The van der Waals surface area contributed by atoms with Gasteiger partial charge in [0.05, 0.1) is 17.1 Å². The number of aromatic nitrogens is 2. The second-order valence-corrected chi connectivity index (χ2v) is 7.47. The van der Waals surface area contributed by atoms with Gasteiger partial charge < -0.3 is 20.6 Å². The highest BCUT2D eigenvalue weighted by molar-refractivity contribution is 14.1. The molecule has 2 heterocycles. The molecule has 0 aliphatic carbocycles. The number of hydrogen-bond acceptors (Lipinski definition) is 3. The van der Waals surface area contributed by atoms with Crippen LogP contribution in [0.1, 0.15) is 30.2 Å². The van der Waals surface area contributed by atoms with Crippen LogP contribution in [0.15, 0.2) is 25.1 Å². The standard InChI is InChI=1S/C24H28IN5/c1-5-21(28-14-13-27-12-8-11-26)20-16-29-24(17(20)4)15-19-18(9-10-25)22(6-2)30-23(19)7-3/h6,9,15-16,27-30H,1,3,8,10,12-14H2,2,4H3/b18-9-,19-15+,22-6+. The van der Waals surface area contributed by atoms with E-state index in [4.69, 9.17) is 5.26 Å². The Morgan fingerprint density at radius 2 is 2.07 bits per heavy atom. The minimum Gasteiger partial charge on any atom is -0.377 e. The summed E-state index contributed by atoms with van der Waals surface area (Å²) >= 11 is 2.35. The highest BCUT2D eigenvalue weighted by atomic mass is 127. The first-order chi connectivity index (χ1) is 14.6. The summed E-state index contributed by atoms with van der Waals surface area (Å²) in [6, 6.07) is 2.13. The predicted molar refractivity (Wildman–Crippen MR) is 135 cm³/mol. The monoisotopic (exact) mass is 513 g/mol. The Balaban J connectivity index is 2.38. The van der Waals surface area contributed by atoms with Crippen LogP contribution in [0.25, 0.3) is 29.7 Å². The van der Waals surface area contributed by atoms with E-state index >= 15 is 0 Å². The van der Waals surface area contributed by atoms with Gasteiger partial charge in [-0.1, -0.05) is 47.9 Å². The summed E-state index contributed by atoms with van der Waals surface area (Å²) in [6.07, 6.45) is 8.89. The Kier molecular flexibility index (Phi) is 9.53. The topological polar surface area (TPSA) is 79.4 Å². The minimum absolute atomic E-state index is 0.512. The molecule has 5 nitrogen and oxygen atoms in total. The molecule has 6 heteroatoms. The zero-order valence-corrected chi connectivity index (χ0v) is 19.7. The number of halogens is 1. The van der Waals surface area contributed by atoms with Crippen LogP contribution in [0.3, 0.4) is 0 Å². The smallest absolute Gasteiger partial charge is 0.0893 e. The van der Waals surface area contributed by atoms with Crippen molar-refractivity contribution in [2.75, 3.05) is 24.1 Å². The van der Waals surface area contributed by atoms with Crippen LogP contribution in [0, 0.1) is 18.3 Å². The number of hydrogen-bond donors (Lipinski definition) is 4. The molecule has 0 saturated carbocycles. The summed E-state index contributed by atoms with van der Waals surface area (Å²) in [7, 11) is 0. The Hall–Kier alpha value is -2.68. The number of H-pyrrole nitrogens is 2. The molecule has 0 amide bonds. The second kappa shape index (κ2) is 12.1. The molecule has 30 heavy (non-hydrogen) atoms. The van der Waals surface area contributed by atoms with Gasteiger partial charge in [-0.3, -0.25) is 0 Å². The summed E-state index contributed by atoms with van der Waals surface area (Å²) in [6.45, 7) is 14.0. The van der Waals surface area contributed by atoms with Gasteiger partial charge in [-0.05, 0) is 25.5 Å². The first-order valence-electron chi connectivity index (χ1n) is 9.83. The third kappa shape index (κ3) is 5.69. The van der Waals surface area contributed by atoms with Gasteiger partial charge in [0.15, 0.2) is 0 Å². The van der Waals surface area contributed by atoms with E-state index in [0.717, 1.165) is 61.2 Å². The maximum Gasteiger partial charge on any atom is 0.0893 e. The zero-order valence-electron chi connectivity index (χ0n) is 17.6. The molecule has 0 bridgehead atoms. The summed E-state index contributed by atoms with van der Waals surface area (Å²) in [5.41, 5.74) is 10.1. The zero-order chi connectivity index (χ0) is 21.9. The third-order valence-corrected chi connectivity index (χ3v) is 5.23. The third-order valence-electron chi connectivity index (χ3n) is 4.79. The Bertz CT molecular complexity index is 1230. The van der Waals surface area contributed by atoms with Crippen molar-refractivity contribution in [1.82, 2.24) is 20.6 Å². The van der Waals surface area contributed by atoms with Crippen LogP contribution in [0.2, 0.25) is 0 Å². The summed E-state index contributed by atoms with van der Waals surface area (Å²) in [4.78, 5) is 6.77. The van der Waals surface area contributed by atoms with Crippen molar-refractivity contribution in [2.45, 2.75) is 20.3 Å².